The fraction of sp³-hybridized carbons (Fsp3) is 0.529. The molecule has 4 nitrogen and oxygen atoms in total. The normalized spacial score (nSPS) is 16.3. The third-order valence-corrected chi connectivity index (χ3v) is 4.11. The summed E-state index contributed by atoms with van der Waals surface area (Å²) in [4.78, 5) is 17.3. The van der Waals surface area contributed by atoms with E-state index in [-0.39, 0.29) is 0 Å². The van der Waals surface area contributed by atoms with E-state index in [4.69, 9.17) is 5.11 Å². The van der Waals surface area contributed by atoms with Gasteiger partial charge in [-0.05, 0) is 49.0 Å². The first-order valence-electron chi connectivity index (χ1n) is 7.65. The number of aliphatic carboxylic acids is 1. The van der Waals surface area contributed by atoms with Crippen LogP contribution in [0, 0.1) is 12.8 Å². The Morgan fingerprint density at radius 2 is 2.14 bits per heavy atom. The molecule has 1 aliphatic carbocycles. The van der Waals surface area contributed by atoms with Gasteiger partial charge >= 0.3 is 5.97 Å². The number of rotatable bonds is 5. The van der Waals surface area contributed by atoms with Gasteiger partial charge in [-0.25, -0.2) is 9.78 Å². The molecule has 114 valence electrons. The van der Waals surface area contributed by atoms with Gasteiger partial charge in [0.1, 0.15) is 5.82 Å². The number of carboxylic acids is 1. The zero-order valence-corrected chi connectivity index (χ0v) is 12.9. The van der Waals surface area contributed by atoms with Gasteiger partial charge in [0, 0.05) is 25.9 Å². The lowest BCUT2D eigenvalue weighted by Gasteiger charge is -2.28. The molecule has 0 unspecified atom stereocenters. The number of pyridine rings is 1. The Hall–Kier alpha value is -1.84. The minimum absolute atomic E-state index is 0.775. The van der Waals surface area contributed by atoms with Crippen LogP contribution in [0.5, 0.6) is 0 Å². The molecular weight excluding hydrogens is 264 g/mol. The molecule has 1 N–H and O–H groups in total. The van der Waals surface area contributed by atoms with E-state index in [1.54, 1.807) is 12.3 Å². The molecule has 0 radical (unpaired) electrons. The van der Waals surface area contributed by atoms with Gasteiger partial charge in [-0.3, -0.25) is 0 Å². The molecule has 1 aromatic rings. The number of hydrogen-bond acceptors (Lipinski definition) is 3. The van der Waals surface area contributed by atoms with Crippen molar-refractivity contribution in [3.05, 3.63) is 29.5 Å². The Bertz CT molecular complexity index is 520. The number of hydrogen-bond donors (Lipinski definition) is 1. The SMILES string of the molecule is Cc1cc(/C=C/C(=O)O)cnc1N(C)CC1CCCCC1. The molecule has 0 aromatic carbocycles. The fourth-order valence-electron chi connectivity index (χ4n) is 3.09. The Labute approximate surface area is 126 Å². The monoisotopic (exact) mass is 288 g/mol. The molecule has 0 saturated heterocycles. The van der Waals surface area contributed by atoms with Gasteiger partial charge < -0.3 is 10.0 Å². The second kappa shape index (κ2) is 7.25. The highest BCUT2D eigenvalue weighted by atomic mass is 16.4. The molecule has 0 atom stereocenters. The van der Waals surface area contributed by atoms with Crippen molar-refractivity contribution in [3.63, 3.8) is 0 Å². The highest BCUT2D eigenvalue weighted by Gasteiger charge is 2.17. The topological polar surface area (TPSA) is 53.4 Å². The summed E-state index contributed by atoms with van der Waals surface area (Å²) in [6.07, 6.45) is 11.2. The predicted octanol–water partition coefficient (Wildman–Crippen LogP) is 3.50. The average molecular weight is 288 g/mol. The first-order valence-corrected chi connectivity index (χ1v) is 7.65. The van der Waals surface area contributed by atoms with Crippen molar-refractivity contribution in [1.29, 1.82) is 0 Å². The molecule has 0 bridgehead atoms. The van der Waals surface area contributed by atoms with Gasteiger partial charge in [-0.1, -0.05) is 19.3 Å². The number of aromatic nitrogens is 1. The van der Waals surface area contributed by atoms with Crippen molar-refractivity contribution in [1.82, 2.24) is 4.98 Å². The van der Waals surface area contributed by atoms with E-state index in [9.17, 15) is 4.79 Å². The lowest BCUT2D eigenvalue weighted by Crippen LogP contribution is -2.28. The number of nitrogens with zero attached hydrogens (tertiary/aromatic N) is 2. The van der Waals surface area contributed by atoms with Crippen molar-refractivity contribution in [2.45, 2.75) is 39.0 Å². The Morgan fingerprint density at radius 3 is 2.76 bits per heavy atom. The molecule has 1 fully saturated rings. The van der Waals surface area contributed by atoms with Crippen LogP contribution in [0.4, 0.5) is 5.82 Å². The van der Waals surface area contributed by atoms with Crippen LogP contribution in [0.15, 0.2) is 18.3 Å². The van der Waals surface area contributed by atoms with Crippen molar-refractivity contribution in [3.8, 4) is 0 Å². The van der Waals surface area contributed by atoms with E-state index < -0.39 is 5.97 Å². The predicted molar refractivity (Wildman–Crippen MR) is 85.5 cm³/mol. The minimum atomic E-state index is -0.939. The van der Waals surface area contributed by atoms with E-state index in [1.165, 1.54) is 32.1 Å². The van der Waals surface area contributed by atoms with E-state index in [1.807, 2.05) is 13.0 Å². The van der Waals surface area contributed by atoms with Gasteiger partial charge in [0.15, 0.2) is 0 Å². The van der Waals surface area contributed by atoms with Gasteiger partial charge in [-0.15, -0.1) is 0 Å². The van der Waals surface area contributed by atoms with E-state index in [2.05, 4.69) is 16.9 Å². The second-order valence-electron chi connectivity index (χ2n) is 5.97. The van der Waals surface area contributed by atoms with Crippen LogP contribution >= 0.6 is 0 Å². The lowest BCUT2D eigenvalue weighted by molar-refractivity contribution is -0.131. The molecule has 21 heavy (non-hydrogen) atoms. The molecule has 0 spiro atoms. The van der Waals surface area contributed by atoms with Crippen LogP contribution in [-0.4, -0.2) is 29.7 Å². The van der Waals surface area contributed by atoms with Gasteiger partial charge in [0.25, 0.3) is 0 Å². The summed E-state index contributed by atoms with van der Waals surface area (Å²) in [5.74, 6) is 0.829. The van der Waals surface area contributed by atoms with E-state index in [0.29, 0.717) is 0 Å². The average Bonchev–Trinajstić information content (AvgIpc) is 2.46. The molecule has 2 rings (SSSR count). The summed E-state index contributed by atoms with van der Waals surface area (Å²) >= 11 is 0. The maximum Gasteiger partial charge on any atom is 0.328 e. The quantitative estimate of drug-likeness (QED) is 0.842. The summed E-state index contributed by atoms with van der Waals surface area (Å²) in [5.41, 5.74) is 1.91. The fourth-order valence-corrected chi connectivity index (χ4v) is 3.09. The van der Waals surface area contributed by atoms with Crippen LogP contribution in [0.3, 0.4) is 0 Å². The third kappa shape index (κ3) is 4.59. The number of carbonyl (C=O) groups is 1. The third-order valence-electron chi connectivity index (χ3n) is 4.11. The summed E-state index contributed by atoms with van der Waals surface area (Å²) < 4.78 is 0. The summed E-state index contributed by atoms with van der Waals surface area (Å²) in [6, 6.07) is 1.99. The maximum absolute atomic E-state index is 10.5. The van der Waals surface area contributed by atoms with Crippen molar-refractivity contribution in [2.24, 2.45) is 5.92 Å². The van der Waals surface area contributed by atoms with Crippen LogP contribution in [0.2, 0.25) is 0 Å². The molecule has 1 aliphatic rings. The Kier molecular flexibility index (Phi) is 5.37. The summed E-state index contributed by atoms with van der Waals surface area (Å²) in [5, 5.41) is 8.65. The van der Waals surface area contributed by atoms with Gasteiger partial charge in [0.05, 0.1) is 0 Å². The first kappa shape index (κ1) is 15.5. The molecule has 0 amide bonds. The zero-order valence-electron chi connectivity index (χ0n) is 12.9. The lowest BCUT2D eigenvalue weighted by atomic mass is 9.89. The van der Waals surface area contributed by atoms with E-state index in [0.717, 1.165) is 35.5 Å². The molecule has 0 aliphatic heterocycles. The standard InChI is InChI=1S/C17H24N2O2/c1-13-10-15(8-9-16(20)21)11-18-17(13)19(2)12-14-6-4-3-5-7-14/h8-11,14H,3-7,12H2,1-2H3,(H,20,21)/b9-8+. The molecule has 4 heteroatoms. The van der Waals surface area contributed by atoms with Gasteiger partial charge in [-0.2, -0.15) is 0 Å². The largest absolute Gasteiger partial charge is 0.478 e. The summed E-state index contributed by atoms with van der Waals surface area (Å²) in [6.45, 7) is 3.08. The highest BCUT2D eigenvalue weighted by molar-refractivity contribution is 5.85. The van der Waals surface area contributed by atoms with Crippen LogP contribution in [-0.2, 0) is 4.79 Å². The highest BCUT2D eigenvalue weighted by Crippen LogP contribution is 2.26. The number of carboxylic acid groups (broad SMARTS) is 1. The molecule has 1 saturated carbocycles. The van der Waals surface area contributed by atoms with Crippen molar-refractivity contribution >= 4 is 17.9 Å². The van der Waals surface area contributed by atoms with Crippen LogP contribution in [0.25, 0.3) is 6.08 Å². The smallest absolute Gasteiger partial charge is 0.328 e. The zero-order chi connectivity index (χ0) is 15.2. The van der Waals surface area contributed by atoms with Gasteiger partial charge in [0.2, 0.25) is 0 Å². The molecular formula is C17H24N2O2. The number of anilines is 1. The molecule has 1 heterocycles. The Balaban J connectivity index is 2.03. The Morgan fingerprint density at radius 1 is 1.43 bits per heavy atom. The van der Waals surface area contributed by atoms with Crippen LogP contribution < -0.4 is 4.90 Å². The second-order valence-corrected chi connectivity index (χ2v) is 5.97. The van der Waals surface area contributed by atoms with Crippen molar-refractivity contribution in [2.75, 3.05) is 18.5 Å². The van der Waals surface area contributed by atoms with E-state index >= 15 is 0 Å². The molecule has 1 aromatic heterocycles. The van der Waals surface area contributed by atoms with Crippen LogP contribution in [0.1, 0.15) is 43.2 Å². The van der Waals surface area contributed by atoms with Crippen molar-refractivity contribution < 1.29 is 9.90 Å². The maximum atomic E-state index is 10.5. The number of aryl methyl sites for hydroxylation is 1. The summed E-state index contributed by atoms with van der Waals surface area (Å²) in [7, 11) is 2.09. The first-order chi connectivity index (χ1) is 10.1. The minimum Gasteiger partial charge on any atom is -0.478 e.